The molecule has 1 aromatic carbocycles. The van der Waals surface area contributed by atoms with Gasteiger partial charge in [0, 0.05) is 5.56 Å². The van der Waals surface area contributed by atoms with Crippen LogP contribution in [0.5, 0.6) is 0 Å². The Labute approximate surface area is 121 Å². The molecule has 3 rings (SSSR count). The zero-order valence-electron chi connectivity index (χ0n) is 12.0. The molecule has 0 saturated carbocycles. The van der Waals surface area contributed by atoms with E-state index in [1.54, 1.807) is 16.8 Å². The summed E-state index contributed by atoms with van der Waals surface area (Å²) < 4.78 is 7.33. The van der Waals surface area contributed by atoms with Gasteiger partial charge in [0.2, 0.25) is 0 Å². The van der Waals surface area contributed by atoms with Crippen LogP contribution in [0.2, 0.25) is 0 Å². The average molecular weight is 285 g/mol. The first-order chi connectivity index (χ1) is 9.97. The van der Waals surface area contributed by atoms with Gasteiger partial charge in [-0.3, -0.25) is 0 Å². The van der Waals surface area contributed by atoms with Gasteiger partial charge < -0.3 is 9.52 Å². The molecule has 6 heteroatoms. The minimum Gasteiger partial charge on any atom is -0.478 e. The van der Waals surface area contributed by atoms with E-state index in [4.69, 9.17) is 9.52 Å². The van der Waals surface area contributed by atoms with Crippen LogP contribution in [0.4, 0.5) is 0 Å². The predicted octanol–water partition coefficient (Wildman–Crippen LogP) is 2.95. The summed E-state index contributed by atoms with van der Waals surface area (Å²) in [6, 6.07) is 6.77. The molecule has 1 atom stereocenters. The lowest BCUT2D eigenvalue weighted by atomic mass is 10.1. The number of hydrogen-bond donors (Lipinski definition) is 1. The number of carboxylic acid groups (broad SMARTS) is 1. The molecule has 6 nitrogen and oxygen atoms in total. The first-order valence-electron chi connectivity index (χ1n) is 6.62. The smallest absolute Gasteiger partial charge is 0.335 e. The van der Waals surface area contributed by atoms with Crippen molar-refractivity contribution in [2.75, 3.05) is 0 Å². The minimum absolute atomic E-state index is 0.0388. The topological polar surface area (TPSA) is 81.2 Å². The molecule has 0 aliphatic heterocycles. The molecule has 0 aliphatic carbocycles. The fourth-order valence-electron chi connectivity index (χ4n) is 2.56. The van der Waals surface area contributed by atoms with Gasteiger partial charge in [-0.2, -0.15) is 0 Å². The highest BCUT2D eigenvalue weighted by molar-refractivity contribution is 5.92. The largest absolute Gasteiger partial charge is 0.478 e. The second kappa shape index (κ2) is 4.73. The van der Waals surface area contributed by atoms with Crippen molar-refractivity contribution in [3.05, 3.63) is 46.9 Å². The van der Waals surface area contributed by atoms with Gasteiger partial charge in [-0.25, -0.2) is 9.48 Å². The molecule has 108 valence electrons. The highest BCUT2D eigenvalue weighted by Crippen LogP contribution is 2.27. The quantitative estimate of drug-likeness (QED) is 0.800. The summed E-state index contributed by atoms with van der Waals surface area (Å²) in [5.41, 5.74) is 2.62. The van der Waals surface area contributed by atoms with Gasteiger partial charge >= 0.3 is 5.97 Å². The van der Waals surface area contributed by atoms with Crippen LogP contribution in [-0.2, 0) is 0 Å². The number of aryl methyl sites for hydroxylation is 2. The second-order valence-corrected chi connectivity index (χ2v) is 5.09. The molecule has 1 N–H and O–H groups in total. The summed E-state index contributed by atoms with van der Waals surface area (Å²) in [5.74, 6) is 0.735. The van der Waals surface area contributed by atoms with Crippen molar-refractivity contribution in [2.45, 2.75) is 26.8 Å². The maximum absolute atomic E-state index is 11.0. The summed E-state index contributed by atoms with van der Waals surface area (Å²) in [6.07, 6.45) is 0. The SMILES string of the molecule is Cc1cc(C(C)n2nnc3cc(C(=O)O)ccc32)c(C)o1. The molecule has 0 saturated heterocycles. The Kier molecular flexibility index (Phi) is 3.01. The lowest BCUT2D eigenvalue weighted by molar-refractivity contribution is 0.0697. The fourth-order valence-corrected chi connectivity index (χ4v) is 2.56. The van der Waals surface area contributed by atoms with Crippen LogP contribution in [-0.4, -0.2) is 26.1 Å². The van der Waals surface area contributed by atoms with Gasteiger partial charge in [-0.15, -0.1) is 5.10 Å². The van der Waals surface area contributed by atoms with Gasteiger partial charge in [-0.05, 0) is 45.0 Å². The number of hydrogen-bond acceptors (Lipinski definition) is 4. The molecule has 0 bridgehead atoms. The fraction of sp³-hybridized carbons (Fsp3) is 0.267. The van der Waals surface area contributed by atoms with Crippen LogP contribution in [0.3, 0.4) is 0 Å². The van der Waals surface area contributed by atoms with E-state index in [9.17, 15) is 4.79 Å². The Hall–Kier alpha value is -2.63. The number of nitrogens with zero attached hydrogens (tertiary/aromatic N) is 3. The lowest BCUT2D eigenvalue weighted by Crippen LogP contribution is -2.09. The Balaban J connectivity index is 2.08. The van der Waals surface area contributed by atoms with Crippen molar-refractivity contribution in [1.82, 2.24) is 15.0 Å². The van der Waals surface area contributed by atoms with E-state index in [-0.39, 0.29) is 11.6 Å². The highest BCUT2D eigenvalue weighted by Gasteiger charge is 2.18. The van der Waals surface area contributed by atoms with Crippen LogP contribution < -0.4 is 0 Å². The summed E-state index contributed by atoms with van der Waals surface area (Å²) >= 11 is 0. The molecule has 2 aromatic heterocycles. The van der Waals surface area contributed by atoms with E-state index in [1.165, 1.54) is 6.07 Å². The maximum Gasteiger partial charge on any atom is 0.335 e. The standard InChI is InChI=1S/C15H15N3O3/c1-8-6-12(10(3)21-8)9(2)18-14-5-4-11(15(19)20)7-13(14)16-17-18/h4-7,9H,1-3H3,(H,19,20). The van der Waals surface area contributed by atoms with E-state index < -0.39 is 5.97 Å². The van der Waals surface area contributed by atoms with Gasteiger partial charge in [0.15, 0.2) is 0 Å². The maximum atomic E-state index is 11.0. The zero-order valence-corrected chi connectivity index (χ0v) is 12.0. The summed E-state index contributed by atoms with van der Waals surface area (Å²) in [6.45, 7) is 5.83. The third kappa shape index (κ3) is 2.18. The van der Waals surface area contributed by atoms with E-state index in [0.29, 0.717) is 5.52 Å². The number of carbonyl (C=O) groups is 1. The number of fused-ring (bicyclic) bond motifs is 1. The Morgan fingerprint density at radius 3 is 2.71 bits per heavy atom. The Morgan fingerprint density at radius 1 is 1.33 bits per heavy atom. The number of aromatic carboxylic acids is 1. The zero-order chi connectivity index (χ0) is 15.1. The molecule has 21 heavy (non-hydrogen) atoms. The molecule has 0 spiro atoms. The molecule has 1 unspecified atom stereocenters. The summed E-state index contributed by atoms with van der Waals surface area (Å²) in [5, 5.41) is 17.2. The monoisotopic (exact) mass is 285 g/mol. The van der Waals surface area contributed by atoms with E-state index in [1.807, 2.05) is 26.8 Å². The van der Waals surface area contributed by atoms with Gasteiger partial charge in [0.1, 0.15) is 17.0 Å². The Bertz CT molecular complexity index is 832. The predicted molar refractivity (Wildman–Crippen MR) is 76.5 cm³/mol. The number of benzene rings is 1. The van der Waals surface area contributed by atoms with Gasteiger partial charge in [-0.1, -0.05) is 5.21 Å². The first kappa shape index (κ1) is 13.4. The van der Waals surface area contributed by atoms with Gasteiger partial charge in [0.25, 0.3) is 0 Å². The number of carboxylic acids is 1. The summed E-state index contributed by atoms with van der Waals surface area (Å²) in [4.78, 5) is 11.0. The molecular formula is C15H15N3O3. The van der Waals surface area contributed by atoms with Crippen molar-refractivity contribution in [3.8, 4) is 0 Å². The van der Waals surface area contributed by atoms with Crippen molar-refractivity contribution >= 4 is 17.0 Å². The van der Waals surface area contributed by atoms with Crippen molar-refractivity contribution in [2.24, 2.45) is 0 Å². The van der Waals surface area contributed by atoms with Crippen LogP contribution in [0.15, 0.2) is 28.7 Å². The number of rotatable bonds is 3. The number of aromatic nitrogens is 3. The average Bonchev–Trinajstić information content (AvgIpc) is 3.00. The van der Waals surface area contributed by atoms with Crippen molar-refractivity contribution in [3.63, 3.8) is 0 Å². The normalized spacial score (nSPS) is 12.7. The molecule has 0 fully saturated rings. The minimum atomic E-state index is -0.971. The molecule has 2 heterocycles. The van der Waals surface area contributed by atoms with Gasteiger partial charge in [0.05, 0.1) is 17.1 Å². The van der Waals surface area contributed by atoms with Crippen LogP contribution in [0, 0.1) is 13.8 Å². The van der Waals surface area contributed by atoms with E-state index in [0.717, 1.165) is 22.6 Å². The lowest BCUT2D eigenvalue weighted by Gasteiger charge is -2.11. The number of furan rings is 1. The molecule has 0 amide bonds. The molecular weight excluding hydrogens is 270 g/mol. The van der Waals surface area contributed by atoms with E-state index >= 15 is 0 Å². The van der Waals surface area contributed by atoms with E-state index in [2.05, 4.69) is 10.3 Å². The first-order valence-corrected chi connectivity index (χ1v) is 6.62. The van der Waals surface area contributed by atoms with Crippen LogP contribution in [0.25, 0.3) is 11.0 Å². The Morgan fingerprint density at radius 2 is 2.10 bits per heavy atom. The summed E-state index contributed by atoms with van der Waals surface area (Å²) in [7, 11) is 0. The van der Waals surface area contributed by atoms with Crippen molar-refractivity contribution in [1.29, 1.82) is 0 Å². The molecule has 3 aromatic rings. The van der Waals surface area contributed by atoms with Crippen LogP contribution in [0.1, 0.15) is 40.4 Å². The van der Waals surface area contributed by atoms with Crippen molar-refractivity contribution < 1.29 is 14.3 Å². The highest BCUT2D eigenvalue weighted by atomic mass is 16.4. The van der Waals surface area contributed by atoms with Crippen LogP contribution >= 0.6 is 0 Å². The molecule has 0 aliphatic rings. The molecule has 0 radical (unpaired) electrons. The third-order valence-electron chi connectivity index (χ3n) is 3.61. The second-order valence-electron chi connectivity index (χ2n) is 5.09. The third-order valence-corrected chi connectivity index (χ3v) is 3.61.